The van der Waals surface area contributed by atoms with E-state index in [1.807, 2.05) is 19.1 Å². The standard InChI is InChI=1S/C12H18ClNO3S/c1-10-3-6-12(17-10)9-14(11-4-5-11)18(15,16)8-2-7-13/h3,6,11H,2,4-5,7-9H2,1H3. The summed E-state index contributed by atoms with van der Waals surface area (Å²) in [5.41, 5.74) is 0. The first kappa shape index (κ1) is 13.9. The zero-order valence-electron chi connectivity index (χ0n) is 10.4. The van der Waals surface area contributed by atoms with Gasteiger partial charge in [0.05, 0.1) is 12.3 Å². The molecule has 1 aliphatic rings. The highest BCUT2D eigenvalue weighted by atomic mass is 35.5. The van der Waals surface area contributed by atoms with Gasteiger partial charge in [0.25, 0.3) is 0 Å². The van der Waals surface area contributed by atoms with E-state index in [1.165, 1.54) is 0 Å². The second-order valence-electron chi connectivity index (χ2n) is 4.65. The van der Waals surface area contributed by atoms with E-state index in [2.05, 4.69) is 0 Å². The topological polar surface area (TPSA) is 50.5 Å². The maximum Gasteiger partial charge on any atom is 0.214 e. The van der Waals surface area contributed by atoms with Gasteiger partial charge in [-0.05, 0) is 38.3 Å². The molecule has 0 atom stereocenters. The van der Waals surface area contributed by atoms with Crippen molar-refractivity contribution in [1.82, 2.24) is 4.31 Å². The van der Waals surface area contributed by atoms with Gasteiger partial charge in [0.1, 0.15) is 11.5 Å². The second kappa shape index (κ2) is 5.63. The van der Waals surface area contributed by atoms with Gasteiger partial charge in [-0.15, -0.1) is 11.6 Å². The highest BCUT2D eigenvalue weighted by Gasteiger charge is 2.37. The number of rotatable bonds is 7. The maximum absolute atomic E-state index is 12.2. The van der Waals surface area contributed by atoms with E-state index in [1.54, 1.807) is 4.31 Å². The highest BCUT2D eigenvalue weighted by Crippen LogP contribution is 2.31. The molecule has 0 spiro atoms. The van der Waals surface area contributed by atoms with Gasteiger partial charge in [-0.1, -0.05) is 0 Å². The molecule has 1 fully saturated rings. The van der Waals surface area contributed by atoms with Crippen LogP contribution in [-0.4, -0.2) is 30.4 Å². The summed E-state index contributed by atoms with van der Waals surface area (Å²) in [7, 11) is -3.22. The van der Waals surface area contributed by atoms with Crippen LogP contribution in [0.4, 0.5) is 0 Å². The Bertz CT molecular complexity index is 493. The van der Waals surface area contributed by atoms with Gasteiger partial charge in [-0.3, -0.25) is 0 Å². The van der Waals surface area contributed by atoms with Crippen LogP contribution in [-0.2, 0) is 16.6 Å². The number of nitrogens with zero attached hydrogens (tertiary/aromatic N) is 1. The lowest BCUT2D eigenvalue weighted by Crippen LogP contribution is -2.34. The van der Waals surface area contributed by atoms with Crippen LogP contribution in [0.1, 0.15) is 30.8 Å². The van der Waals surface area contributed by atoms with Crippen LogP contribution in [0.5, 0.6) is 0 Å². The van der Waals surface area contributed by atoms with Crippen molar-refractivity contribution in [3.8, 4) is 0 Å². The number of hydrogen-bond acceptors (Lipinski definition) is 3. The molecule has 0 amide bonds. The summed E-state index contributed by atoms with van der Waals surface area (Å²) in [6, 6.07) is 3.84. The van der Waals surface area contributed by atoms with E-state index in [-0.39, 0.29) is 11.8 Å². The first-order valence-electron chi connectivity index (χ1n) is 6.14. The molecular formula is C12H18ClNO3S. The van der Waals surface area contributed by atoms with Crippen molar-refractivity contribution in [1.29, 1.82) is 0 Å². The summed E-state index contributed by atoms with van der Waals surface area (Å²) in [6.45, 7) is 2.19. The van der Waals surface area contributed by atoms with Crippen LogP contribution in [0.2, 0.25) is 0 Å². The fraction of sp³-hybridized carbons (Fsp3) is 0.667. The van der Waals surface area contributed by atoms with Gasteiger partial charge < -0.3 is 4.42 Å². The quantitative estimate of drug-likeness (QED) is 0.725. The number of sulfonamides is 1. The molecule has 0 saturated heterocycles. The maximum atomic E-state index is 12.2. The molecule has 0 unspecified atom stereocenters. The molecule has 1 aromatic heterocycles. The van der Waals surface area contributed by atoms with Gasteiger partial charge in [0, 0.05) is 11.9 Å². The normalized spacial score (nSPS) is 16.4. The van der Waals surface area contributed by atoms with Crippen molar-refractivity contribution < 1.29 is 12.8 Å². The molecule has 1 aromatic rings. The minimum absolute atomic E-state index is 0.118. The fourth-order valence-corrected chi connectivity index (χ4v) is 3.92. The molecule has 1 aliphatic carbocycles. The lowest BCUT2D eigenvalue weighted by Gasteiger charge is -2.20. The van der Waals surface area contributed by atoms with Crippen molar-refractivity contribution >= 4 is 21.6 Å². The van der Waals surface area contributed by atoms with Crippen molar-refractivity contribution in [2.75, 3.05) is 11.6 Å². The van der Waals surface area contributed by atoms with E-state index in [0.29, 0.717) is 24.6 Å². The Morgan fingerprint density at radius 3 is 2.67 bits per heavy atom. The Morgan fingerprint density at radius 2 is 2.17 bits per heavy atom. The minimum atomic E-state index is -3.22. The van der Waals surface area contributed by atoms with Crippen LogP contribution in [0.25, 0.3) is 0 Å². The van der Waals surface area contributed by atoms with Crippen LogP contribution in [0.15, 0.2) is 16.5 Å². The molecule has 6 heteroatoms. The smallest absolute Gasteiger partial charge is 0.214 e. The Balaban J connectivity index is 2.08. The van der Waals surface area contributed by atoms with E-state index < -0.39 is 10.0 Å². The monoisotopic (exact) mass is 291 g/mol. The molecule has 4 nitrogen and oxygen atoms in total. The number of furan rings is 1. The molecule has 0 N–H and O–H groups in total. The van der Waals surface area contributed by atoms with E-state index >= 15 is 0 Å². The van der Waals surface area contributed by atoms with Crippen molar-refractivity contribution in [2.45, 2.75) is 38.8 Å². The summed E-state index contributed by atoms with van der Waals surface area (Å²) < 4.78 is 31.4. The van der Waals surface area contributed by atoms with Gasteiger partial charge in [-0.2, -0.15) is 4.31 Å². The van der Waals surface area contributed by atoms with Crippen LogP contribution in [0.3, 0.4) is 0 Å². The van der Waals surface area contributed by atoms with Gasteiger partial charge in [0.15, 0.2) is 0 Å². The number of aryl methyl sites for hydroxylation is 1. The van der Waals surface area contributed by atoms with Crippen LogP contribution >= 0.6 is 11.6 Å². The minimum Gasteiger partial charge on any atom is -0.465 e. The van der Waals surface area contributed by atoms with E-state index in [9.17, 15) is 8.42 Å². The van der Waals surface area contributed by atoms with Gasteiger partial charge in [-0.25, -0.2) is 8.42 Å². The Labute approximate surface area is 113 Å². The summed E-state index contributed by atoms with van der Waals surface area (Å²) >= 11 is 5.57. The number of alkyl halides is 1. The zero-order valence-corrected chi connectivity index (χ0v) is 12.0. The van der Waals surface area contributed by atoms with Crippen molar-refractivity contribution in [3.05, 3.63) is 23.7 Å². The highest BCUT2D eigenvalue weighted by molar-refractivity contribution is 7.89. The van der Waals surface area contributed by atoms with Gasteiger partial charge in [0.2, 0.25) is 10.0 Å². The third-order valence-corrected chi connectivity index (χ3v) is 5.17. The third kappa shape index (κ3) is 3.49. The van der Waals surface area contributed by atoms with Crippen LogP contribution in [0, 0.1) is 6.92 Å². The Morgan fingerprint density at radius 1 is 1.44 bits per heavy atom. The lowest BCUT2D eigenvalue weighted by molar-refractivity contribution is 0.351. The summed E-state index contributed by atoms with van der Waals surface area (Å²) in [4.78, 5) is 0. The molecule has 1 heterocycles. The number of halogens is 1. The Kier molecular flexibility index (Phi) is 4.35. The number of hydrogen-bond donors (Lipinski definition) is 0. The zero-order chi connectivity index (χ0) is 13.2. The first-order valence-corrected chi connectivity index (χ1v) is 8.28. The molecule has 0 bridgehead atoms. The predicted octanol–water partition coefficient (Wildman–Crippen LogP) is 2.51. The second-order valence-corrected chi connectivity index (χ2v) is 7.07. The van der Waals surface area contributed by atoms with Crippen molar-refractivity contribution in [2.24, 2.45) is 0 Å². The molecular weight excluding hydrogens is 274 g/mol. The predicted molar refractivity (Wildman–Crippen MR) is 71.1 cm³/mol. The molecule has 1 saturated carbocycles. The lowest BCUT2D eigenvalue weighted by atomic mass is 10.4. The van der Waals surface area contributed by atoms with E-state index in [0.717, 1.165) is 18.6 Å². The summed E-state index contributed by atoms with van der Waals surface area (Å²) in [5, 5.41) is 0. The van der Waals surface area contributed by atoms with Crippen LogP contribution < -0.4 is 0 Å². The fourth-order valence-electron chi connectivity index (χ4n) is 1.89. The first-order chi connectivity index (χ1) is 8.53. The largest absolute Gasteiger partial charge is 0.465 e. The third-order valence-electron chi connectivity index (χ3n) is 2.96. The average molecular weight is 292 g/mol. The van der Waals surface area contributed by atoms with Gasteiger partial charge >= 0.3 is 0 Å². The molecule has 18 heavy (non-hydrogen) atoms. The molecule has 0 aromatic carbocycles. The molecule has 0 radical (unpaired) electrons. The molecule has 102 valence electrons. The SMILES string of the molecule is Cc1ccc(CN(C2CC2)S(=O)(=O)CCCCl)o1. The summed E-state index contributed by atoms with van der Waals surface area (Å²) in [6.07, 6.45) is 2.38. The van der Waals surface area contributed by atoms with Crippen molar-refractivity contribution in [3.63, 3.8) is 0 Å². The summed E-state index contributed by atoms with van der Waals surface area (Å²) in [5.74, 6) is 2.00. The molecule has 2 rings (SSSR count). The average Bonchev–Trinajstić information content (AvgIpc) is 3.07. The van der Waals surface area contributed by atoms with E-state index in [4.69, 9.17) is 16.0 Å². The molecule has 0 aliphatic heterocycles. The Hall–Kier alpha value is -0.520.